The van der Waals surface area contributed by atoms with Gasteiger partial charge in [0.2, 0.25) is 5.91 Å². The van der Waals surface area contributed by atoms with E-state index in [0.29, 0.717) is 4.47 Å². The lowest BCUT2D eigenvalue weighted by atomic mass is 10.3. The van der Waals surface area contributed by atoms with Gasteiger partial charge < -0.3 is 21.1 Å². The summed E-state index contributed by atoms with van der Waals surface area (Å²) in [4.78, 5) is 32.8. The summed E-state index contributed by atoms with van der Waals surface area (Å²) >= 11 is 3.13. The smallest absolute Gasteiger partial charge is 0.322 e. The van der Waals surface area contributed by atoms with Gasteiger partial charge in [-0.3, -0.25) is 9.59 Å². The lowest BCUT2D eigenvalue weighted by Crippen LogP contribution is -2.40. The van der Waals surface area contributed by atoms with Gasteiger partial charge in [-0.2, -0.15) is 0 Å². The van der Waals surface area contributed by atoms with E-state index in [-0.39, 0.29) is 5.69 Å². The number of amides is 3. The number of halogens is 2. The molecule has 1 rings (SSSR count). The van der Waals surface area contributed by atoms with E-state index >= 15 is 0 Å². The Labute approximate surface area is 121 Å². The first-order chi connectivity index (χ1) is 9.38. The van der Waals surface area contributed by atoms with Crippen LogP contribution in [0.1, 0.15) is 0 Å². The first-order valence-corrected chi connectivity index (χ1v) is 6.16. The fraction of sp³-hybridized carbons (Fsp3) is 0.182. The number of hydrogen-bond acceptors (Lipinski definition) is 3. The van der Waals surface area contributed by atoms with Gasteiger partial charge in [0.05, 0.1) is 12.2 Å². The average Bonchev–Trinajstić information content (AvgIpc) is 2.38. The van der Waals surface area contributed by atoms with Crippen LogP contribution in [0.25, 0.3) is 0 Å². The van der Waals surface area contributed by atoms with E-state index in [0.717, 1.165) is 6.07 Å². The minimum atomic E-state index is -1.19. The molecule has 0 spiro atoms. The monoisotopic (exact) mass is 347 g/mol. The number of anilines is 1. The zero-order valence-electron chi connectivity index (χ0n) is 10.1. The molecule has 0 heterocycles. The molecule has 4 N–H and O–H groups in total. The molecule has 0 bridgehead atoms. The Morgan fingerprint density at radius 2 is 1.90 bits per heavy atom. The fourth-order valence-corrected chi connectivity index (χ4v) is 1.50. The zero-order valence-corrected chi connectivity index (χ0v) is 11.7. The predicted octanol–water partition coefficient (Wildman–Crippen LogP) is 0.910. The molecule has 0 aliphatic rings. The average molecular weight is 348 g/mol. The van der Waals surface area contributed by atoms with Gasteiger partial charge in [-0.25, -0.2) is 9.18 Å². The van der Waals surface area contributed by atoms with Crippen LogP contribution in [-0.4, -0.2) is 36.1 Å². The minimum absolute atomic E-state index is 0.202. The number of benzene rings is 1. The number of carboxylic acid groups (broad SMARTS) is 1. The second-order valence-electron chi connectivity index (χ2n) is 3.60. The summed E-state index contributed by atoms with van der Waals surface area (Å²) in [5, 5.41) is 14.9. The van der Waals surface area contributed by atoms with Crippen molar-refractivity contribution in [3.8, 4) is 0 Å². The maximum atomic E-state index is 13.0. The molecule has 0 aromatic heterocycles. The van der Waals surface area contributed by atoms with Crippen molar-refractivity contribution in [3.63, 3.8) is 0 Å². The van der Waals surface area contributed by atoms with E-state index in [9.17, 15) is 18.8 Å². The van der Waals surface area contributed by atoms with E-state index in [1.54, 1.807) is 0 Å². The molecule has 108 valence electrons. The first-order valence-electron chi connectivity index (χ1n) is 5.37. The topological polar surface area (TPSA) is 108 Å². The highest BCUT2D eigenvalue weighted by atomic mass is 79.9. The van der Waals surface area contributed by atoms with E-state index in [1.165, 1.54) is 12.1 Å². The van der Waals surface area contributed by atoms with Crippen LogP contribution in [0.3, 0.4) is 0 Å². The molecule has 20 heavy (non-hydrogen) atoms. The van der Waals surface area contributed by atoms with E-state index < -0.39 is 36.8 Å². The van der Waals surface area contributed by atoms with Crippen LogP contribution in [0.5, 0.6) is 0 Å². The van der Waals surface area contributed by atoms with Crippen LogP contribution in [-0.2, 0) is 9.59 Å². The van der Waals surface area contributed by atoms with Gasteiger partial charge in [0.15, 0.2) is 0 Å². The van der Waals surface area contributed by atoms with Crippen molar-refractivity contribution in [1.29, 1.82) is 0 Å². The Bertz CT molecular complexity index is 538. The summed E-state index contributed by atoms with van der Waals surface area (Å²) in [6.45, 7) is -0.927. The minimum Gasteiger partial charge on any atom is -0.480 e. The number of rotatable bonds is 5. The molecule has 0 atom stereocenters. The lowest BCUT2D eigenvalue weighted by Gasteiger charge is -2.09. The standard InChI is InChI=1S/C11H11BrFN3O4/c12-7-2-1-6(13)3-8(7)16-11(20)15-4-9(17)14-5-10(18)19/h1-3H,4-5H2,(H,14,17)(H,18,19)(H2,15,16,20). The predicted molar refractivity (Wildman–Crippen MR) is 71.8 cm³/mol. The molecule has 0 fully saturated rings. The number of carboxylic acids is 1. The molecule has 7 nitrogen and oxygen atoms in total. The third-order valence-electron chi connectivity index (χ3n) is 2.02. The molecule has 0 aliphatic heterocycles. The summed E-state index contributed by atoms with van der Waals surface area (Å²) in [7, 11) is 0. The SMILES string of the molecule is O=C(O)CNC(=O)CNC(=O)Nc1cc(F)ccc1Br. The molecular formula is C11H11BrFN3O4. The third-order valence-corrected chi connectivity index (χ3v) is 2.71. The van der Waals surface area contributed by atoms with Gasteiger partial charge >= 0.3 is 12.0 Å². The molecule has 0 saturated carbocycles. The number of carbonyl (C=O) groups excluding carboxylic acids is 2. The summed E-state index contributed by atoms with van der Waals surface area (Å²) in [5.74, 6) is -2.37. The quantitative estimate of drug-likeness (QED) is 0.634. The Morgan fingerprint density at radius 1 is 1.20 bits per heavy atom. The molecule has 1 aromatic carbocycles. The molecule has 1 aromatic rings. The van der Waals surface area contributed by atoms with E-state index in [1.807, 2.05) is 0 Å². The van der Waals surface area contributed by atoms with Crippen molar-refractivity contribution < 1.29 is 23.9 Å². The van der Waals surface area contributed by atoms with Crippen LogP contribution in [0, 0.1) is 5.82 Å². The zero-order chi connectivity index (χ0) is 15.1. The van der Waals surface area contributed by atoms with Gasteiger partial charge in [-0.05, 0) is 34.1 Å². The lowest BCUT2D eigenvalue weighted by molar-refractivity contribution is -0.137. The Hall–Kier alpha value is -2.16. The third kappa shape index (κ3) is 5.65. The van der Waals surface area contributed by atoms with Crippen molar-refractivity contribution >= 4 is 39.5 Å². The van der Waals surface area contributed by atoms with Gasteiger partial charge in [0.1, 0.15) is 12.4 Å². The van der Waals surface area contributed by atoms with E-state index in [4.69, 9.17) is 5.11 Å². The highest BCUT2D eigenvalue weighted by Gasteiger charge is 2.09. The van der Waals surface area contributed by atoms with Crippen molar-refractivity contribution in [3.05, 3.63) is 28.5 Å². The van der Waals surface area contributed by atoms with Gasteiger partial charge in [-0.15, -0.1) is 0 Å². The van der Waals surface area contributed by atoms with Crippen LogP contribution in [0.2, 0.25) is 0 Å². The Balaban J connectivity index is 2.42. The number of aliphatic carboxylic acids is 1. The number of carbonyl (C=O) groups is 3. The van der Waals surface area contributed by atoms with E-state index in [2.05, 4.69) is 31.9 Å². The Morgan fingerprint density at radius 3 is 2.55 bits per heavy atom. The second-order valence-corrected chi connectivity index (χ2v) is 4.46. The molecule has 3 amide bonds. The molecular weight excluding hydrogens is 337 g/mol. The molecule has 0 unspecified atom stereocenters. The summed E-state index contributed by atoms with van der Waals surface area (Å²) in [6.07, 6.45) is 0. The molecule has 0 radical (unpaired) electrons. The van der Waals surface area contributed by atoms with Crippen LogP contribution >= 0.6 is 15.9 Å². The molecule has 0 aliphatic carbocycles. The van der Waals surface area contributed by atoms with Crippen LogP contribution in [0.4, 0.5) is 14.9 Å². The van der Waals surface area contributed by atoms with Crippen molar-refractivity contribution in [1.82, 2.24) is 10.6 Å². The van der Waals surface area contributed by atoms with Crippen molar-refractivity contribution in [2.24, 2.45) is 0 Å². The normalized spacial score (nSPS) is 9.70. The van der Waals surface area contributed by atoms with Crippen molar-refractivity contribution in [2.45, 2.75) is 0 Å². The second kappa shape index (κ2) is 7.43. The summed E-state index contributed by atoms with van der Waals surface area (Å²) in [5.41, 5.74) is 0.202. The van der Waals surface area contributed by atoms with Gasteiger partial charge in [-0.1, -0.05) is 0 Å². The number of nitrogens with one attached hydrogen (secondary N) is 3. The highest BCUT2D eigenvalue weighted by molar-refractivity contribution is 9.10. The first kappa shape index (κ1) is 15.9. The molecule has 0 saturated heterocycles. The Kier molecular flexibility index (Phi) is 5.91. The van der Waals surface area contributed by atoms with Crippen LogP contribution < -0.4 is 16.0 Å². The maximum absolute atomic E-state index is 13.0. The summed E-state index contributed by atoms with van der Waals surface area (Å²) < 4.78 is 13.5. The maximum Gasteiger partial charge on any atom is 0.322 e. The largest absolute Gasteiger partial charge is 0.480 e. The van der Waals surface area contributed by atoms with Crippen molar-refractivity contribution in [2.75, 3.05) is 18.4 Å². The summed E-state index contributed by atoms with van der Waals surface area (Å²) in [6, 6.07) is 3.02. The number of urea groups is 1. The fourth-order valence-electron chi connectivity index (χ4n) is 1.16. The number of hydrogen-bond donors (Lipinski definition) is 4. The highest BCUT2D eigenvalue weighted by Crippen LogP contribution is 2.22. The molecule has 9 heteroatoms. The van der Waals surface area contributed by atoms with Gasteiger partial charge in [0, 0.05) is 4.47 Å². The van der Waals surface area contributed by atoms with Crippen LogP contribution in [0.15, 0.2) is 22.7 Å². The van der Waals surface area contributed by atoms with Gasteiger partial charge in [0.25, 0.3) is 0 Å².